The molecule has 6 nitrogen and oxygen atoms in total. The van der Waals surface area contributed by atoms with Crippen LogP contribution in [0.3, 0.4) is 0 Å². The minimum Gasteiger partial charge on any atom is -0.348 e. The quantitative estimate of drug-likeness (QED) is 0.792. The van der Waals surface area contributed by atoms with E-state index in [1.165, 1.54) is 10.7 Å². The van der Waals surface area contributed by atoms with Gasteiger partial charge in [-0.2, -0.15) is 0 Å². The zero-order valence-corrected chi connectivity index (χ0v) is 12.8. The van der Waals surface area contributed by atoms with Crippen LogP contribution in [0, 0.1) is 0 Å². The van der Waals surface area contributed by atoms with E-state index in [9.17, 15) is 9.59 Å². The first-order chi connectivity index (χ1) is 10.1. The van der Waals surface area contributed by atoms with Gasteiger partial charge in [-0.15, -0.1) is 12.4 Å². The van der Waals surface area contributed by atoms with Crippen LogP contribution in [-0.2, 0) is 0 Å². The minimum atomic E-state index is -0.263. The number of H-pyrrole nitrogens is 1. The number of aromatic amines is 1. The van der Waals surface area contributed by atoms with Crippen LogP contribution in [0.5, 0.6) is 0 Å². The number of hydrogen-bond donors (Lipinski definition) is 3. The van der Waals surface area contributed by atoms with Gasteiger partial charge in [0, 0.05) is 18.2 Å². The first-order valence-corrected chi connectivity index (χ1v) is 7.07. The number of benzene rings is 1. The predicted molar refractivity (Wildman–Crippen MR) is 86.7 cm³/mol. The summed E-state index contributed by atoms with van der Waals surface area (Å²) in [6, 6.07) is 10.7. The fraction of sp³-hybridized carbons (Fsp3) is 0.333. The van der Waals surface area contributed by atoms with Crippen LogP contribution in [0.2, 0.25) is 0 Å². The van der Waals surface area contributed by atoms with Crippen molar-refractivity contribution >= 4 is 18.3 Å². The number of nitrogens with one attached hydrogen (secondary N) is 2. The predicted octanol–water partition coefficient (Wildman–Crippen LogP) is 1.20. The summed E-state index contributed by atoms with van der Waals surface area (Å²) in [5.41, 5.74) is 6.54. The van der Waals surface area contributed by atoms with E-state index in [0.29, 0.717) is 5.69 Å². The number of nitrogens with zero attached hydrogens (tertiary/aromatic N) is 1. The van der Waals surface area contributed by atoms with Crippen molar-refractivity contribution in [2.45, 2.75) is 31.3 Å². The number of rotatable bonds is 3. The number of carbonyl (C=O) groups is 1. The maximum absolute atomic E-state index is 12.2. The van der Waals surface area contributed by atoms with Gasteiger partial charge < -0.3 is 11.1 Å². The standard InChI is InChI=1S/C15H18N4O2.ClH/c16-10-6-7-11(8-10)17-15(21)13-9-14(20)19(18-13)12-4-2-1-3-5-12;/h1-5,9-11,18H,6-8,16H2,(H,17,21);1H/t10-,11-;/m1./s1. The molecular formula is C15H19ClN4O2. The number of hydrogen-bond acceptors (Lipinski definition) is 3. The molecule has 4 N–H and O–H groups in total. The van der Waals surface area contributed by atoms with Gasteiger partial charge in [-0.1, -0.05) is 18.2 Å². The molecule has 0 radical (unpaired) electrons. The molecule has 3 rings (SSSR count). The van der Waals surface area contributed by atoms with Crippen LogP contribution in [0.25, 0.3) is 5.69 Å². The summed E-state index contributed by atoms with van der Waals surface area (Å²) in [6.45, 7) is 0. The lowest BCUT2D eigenvalue weighted by Gasteiger charge is -2.11. The van der Waals surface area contributed by atoms with Crippen molar-refractivity contribution in [2.24, 2.45) is 5.73 Å². The van der Waals surface area contributed by atoms with Crippen LogP contribution in [0.4, 0.5) is 0 Å². The van der Waals surface area contributed by atoms with Gasteiger partial charge in [0.2, 0.25) is 0 Å². The molecule has 1 aliphatic carbocycles. The Morgan fingerprint density at radius 1 is 1.27 bits per heavy atom. The van der Waals surface area contributed by atoms with Gasteiger partial charge in [-0.05, 0) is 31.4 Å². The number of halogens is 1. The third kappa shape index (κ3) is 3.40. The molecule has 22 heavy (non-hydrogen) atoms. The zero-order valence-electron chi connectivity index (χ0n) is 12.0. The molecule has 1 saturated carbocycles. The number of aromatic nitrogens is 2. The van der Waals surface area contributed by atoms with Crippen molar-refractivity contribution in [2.75, 3.05) is 0 Å². The van der Waals surface area contributed by atoms with Crippen LogP contribution in [0.1, 0.15) is 29.8 Å². The number of para-hydroxylation sites is 1. The third-order valence-corrected chi connectivity index (χ3v) is 3.79. The van der Waals surface area contributed by atoms with Gasteiger partial charge in [0.1, 0.15) is 5.69 Å². The molecule has 1 aromatic heterocycles. The Balaban J connectivity index is 0.00000176. The molecular weight excluding hydrogens is 304 g/mol. The Kier molecular flexibility index (Phi) is 5.05. The molecule has 118 valence electrons. The lowest BCUT2D eigenvalue weighted by atomic mass is 10.2. The summed E-state index contributed by atoms with van der Waals surface area (Å²) in [5, 5.41) is 5.76. The third-order valence-electron chi connectivity index (χ3n) is 3.79. The SMILES string of the molecule is Cl.N[C@@H]1CC[C@@H](NC(=O)c2cc(=O)n(-c3ccccc3)[nH]2)C1. The van der Waals surface area contributed by atoms with Crippen molar-refractivity contribution in [1.82, 2.24) is 15.1 Å². The zero-order chi connectivity index (χ0) is 14.8. The summed E-state index contributed by atoms with van der Waals surface area (Å²) in [5.74, 6) is -0.263. The van der Waals surface area contributed by atoms with Crippen LogP contribution in [-0.4, -0.2) is 27.8 Å². The van der Waals surface area contributed by atoms with E-state index in [-0.39, 0.29) is 41.7 Å². The molecule has 1 amide bonds. The smallest absolute Gasteiger partial charge is 0.271 e. The largest absolute Gasteiger partial charge is 0.348 e. The normalized spacial score (nSPS) is 20.4. The highest BCUT2D eigenvalue weighted by atomic mass is 35.5. The summed E-state index contributed by atoms with van der Waals surface area (Å²) >= 11 is 0. The van der Waals surface area contributed by atoms with Gasteiger partial charge in [0.05, 0.1) is 5.69 Å². The van der Waals surface area contributed by atoms with Crippen molar-refractivity contribution in [3.05, 3.63) is 52.4 Å². The summed E-state index contributed by atoms with van der Waals surface area (Å²) < 4.78 is 1.36. The van der Waals surface area contributed by atoms with Crippen molar-refractivity contribution < 1.29 is 4.79 Å². The first kappa shape index (κ1) is 16.3. The van der Waals surface area contributed by atoms with E-state index >= 15 is 0 Å². The highest BCUT2D eigenvalue weighted by Crippen LogP contribution is 2.17. The van der Waals surface area contributed by atoms with E-state index in [2.05, 4.69) is 10.4 Å². The minimum absolute atomic E-state index is 0. The molecule has 2 aromatic rings. The van der Waals surface area contributed by atoms with Gasteiger partial charge in [-0.3, -0.25) is 14.7 Å². The molecule has 2 atom stereocenters. The maximum Gasteiger partial charge on any atom is 0.271 e. The molecule has 1 aromatic carbocycles. The average Bonchev–Trinajstić information content (AvgIpc) is 3.06. The van der Waals surface area contributed by atoms with Gasteiger partial charge in [-0.25, -0.2) is 4.68 Å². The molecule has 0 saturated heterocycles. The van der Waals surface area contributed by atoms with E-state index in [0.717, 1.165) is 19.3 Å². The lowest BCUT2D eigenvalue weighted by Crippen LogP contribution is -2.34. The topological polar surface area (TPSA) is 92.9 Å². The molecule has 1 heterocycles. The van der Waals surface area contributed by atoms with Gasteiger partial charge >= 0.3 is 0 Å². The fourth-order valence-corrected chi connectivity index (χ4v) is 2.69. The van der Waals surface area contributed by atoms with Crippen molar-refractivity contribution in [1.29, 1.82) is 0 Å². The second kappa shape index (κ2) is 6.81. The summed E-state index contributed by atoms with van der Waals surface area (Å²) in [4.78, 5) is 24.1. The monoisotopic (exact) mass is 322 g/mol. The second-order valence-electron chi connectivity index (χ2n) is 5.42. The number of carbonyl (C=O) groups excluding carboxylic acids is 1. The highest BCUT2D eigenvalue weighted by molar-refractivity contribution is 5.92. The van der Waals surface area contributed by atoms with Gasteiger partial charge in [0.15, 0.2) is 0 Å². The molecule has 1 fully saturated rings. The number of nitrogens with two attached hydrogens (primary N) is 1. The van der Waals surface area contributed by atoms with Crippen LogP contribution in [0.15, 0.2) is 41.2 Å². The van der Waals surface area contributed by atoms with Crippen molar-refractivity contribution in [3.63, 3.8) is 0 Å². The molecule has 7 heteroatoms. The number of amides is 1. The molecule has 0 spiro atoms. The Morgan fingerprint density at radius 3 is 2.64 bits per heavy atom. The fourth-order valence-electron chi connectivity index (χ4n) is 2.69. The second-order valence-corrected chi connectivity index (χ2v) is 5.42. The molecule has 1 aliphatic rings. The molecule has 0 bridgehead atoms. The summed E-state index contributed by atoms with van der Waals surface area (Å²) in [7, 11) is 0. The Bertz CT molecular complexity index is 695. The molecule has 0 unspecified atom stereocenters. The molecule has 0 aliphatic heterocycles. The van der Waals surface area contributed by atoms with Gasteiger partial charge in [0.25, 0.3) is 11.5 Å². The lowest BCUT2D eigenvalue weighted by molar-refractivity contribution is 0.0932. The first-order valence-electron chi connectivity index (χ1n) is 7.07. The Morgan fingerprint density at radius 2 is 2.00 bits per heavy atom. The van der Waals surface area contributed by atoms with Crippen LogP contribution >= 0.6 is 12.4 Å². The highest BCUT2D eigenvalue weighted by Gasteiger charge is 2.24. The van der Waals surface area contributed by atoms with E-state index in [1.807, 2.05) is 18.2 Å². The average molecular weight is 323 g/mol. The Hall–Kier alpha value is -2.05. The Labute approximate surface area is 134 Å². The van der Waals surface area contributed by atoms with E-state index < -0.39 is 0 Å². The summed E-state index contributed by atoms with van der Waals surface area (Å²) in [6.07, 6.45) is 2.60. The van der Waals surface area contributed by atoms with E-state index in [1.54, 1.807) is 12.1 Å². The van der Waals surface area contributed by atoms with Crippen molar-refractivity contribution in [3.8, 4) is 5.69 Å². The van der Waals surface area contributed by atoms with Crippen LogP contribution < -0.4 is 16.6 Å². The van der Waals surface area contributed by atoms with E-state index in [4.69, 9.17) is 5.73 Å². The maximum atomic E-state index is 12.2.